The smallest absolute Gasteiger partial charge is 0.320 e. The third-order valence-electron chi connectivity index (χ3n) is 4.37. The summed E-state index contributed by atoms with van der Waals surface area (Å²) >= 11 is 3.46. The van der Waals surface area contributed by atoms with Crippen molar-refractivity contribution in [2.45, 2.75) is 31.3 Å². The SMILES string of the molecule is O=C(O)C1CCCCN1C(c1ccncc1)c1ccc(Br)cc1. The summed E-state index contributed by atoms with van der Waals surface area (Å²) in [5, 5.41) is 9.63. The van der Waals surface area contributed by atoms with Crippen molar-refractivity contribution >= 4 is 21.9 Å². The average molecular weight is 375 g/mol. The zero-order valence-electron chi connectivity index (χ0n) is 12.7. The number of aromatic nitrogens is 1. The van der Waals surface area contributed by atoms with Crippen molar-refractivity contribution < 1.29 is 9.90 Å². The molecule has 0 radical (unpaired) electrons. The molecule has 0 aliphatic carbocycles. The molecule has 1 saturated heterocycles. The maximum Gasteiger partial charge on any atom is 0.320 e. The molecule has 2 aromatic rings. The Kier molecular flexibility index (Phi) is 5.08. The van der Waals surface area contributed by atoms with Crippen LogP contribution < -0.4 is 0 Å². The highest BCUT2D eigenvalue weighted by Crippen LogP contribution is 2.34. The minimum atomic E-state index is -0.735. The molecule has 0 spiro atoms. The molecule has 3 rings (SSSR count). The van der Waals surface area contributed by atoms with Crippen LogP contribution in [0.3, 0.4) is 0 Å². The van der Waals surface area contributed by atoms with Crippen LogP contribution in [0.25, 0.3) is 0 Å². The first-order valence-electron chi connectivity index (χ1n) is 7.81. The Morgan fingerprint density at radius 3 is 2.43 bits per heavy atom. The Labute approximate surface area is 144 Å². The van der Waals surface area contributed by atoms with E-state index in [9.17, 15) is 9.90 Å². The van der Waals surface area contributed by atoms with Gasteiger partial charge in [0.25, 0.3) is 0 Å². The number of piperidine rings is 1. The van der Waals surface area contributed by atoms with Gasteiger partial charge in [0.15, 0.2) is 0 Å². The summed E-state index contributed by atoms with van der Waals surface area (Å²) in [6.45, 7) is 0.792. The van der Waals surface area contributed by atoms with Gasteiger partial charge in [0.1, 0.15) is 6.04 Å². The second-order valence-corrected chi connectivity index (χ2v) is 6.74. The van der Waals surface area contributed by atoms with E-state index in [2.05, 4.69) is 37.9 Å². The minimum Gasteiger partial charge on any atom is -0.480 e. The lowest BCUT2D eigenvalue weighted by Crippen LogP contribution is -2.46. The zero-order valence-corrected chi connectivity index (χ0v) is 14.3. The lowest BCUT2D eigenvalue weighted by molar-refractivity contribution is -0.145. The Morgan fingerprint density at radius 1 is 1.13 bits per heavy atom. The van der Waals surface area contributed by atoms with Gasteiger partial charge in [0, 0.05) is 16.9 Å². The molecule has 2 unspecified atom stereocenters. The van der Waals surface area contributed by atoms with E-state index in [1.807, 2.05) is 24.3 Å². The summed E-state index contributed by atoms with van der Waals surface area (Å²) in [5.41, 5.74) is 2.18. The number of carbonyl (C=O) groups is 1. The number of benzene rings is 1. The van der Waals surface area contributed by atoms with Crippen molar-refractivity contribution in [2.75, 3.05) is 6.54 Å². The molecule has 2 heterocycles. The Morgan fingerprint density at radius 2 is 1.78 bits per heavy atom. The van der Waals surface area contributed by atoms with Gasteiger partial charge in [-0.3, -0.25) is 14.7 Å². The normalized spacial score (nSPS) is 20.1. The Hall–Kier alpha value is -1.72. The average Bonchev–Trinajstić information content (AvgIpc) is 2.58. The molecular formula is C18H19BrN2O2. The zero-order chi connectivity index (χ0) is 16.2. The molecule has 1 fully saturated rings. The summed E-state index contributed by atoms with van der Waals surface area (Å²) in [6, 6.07) is 11.6. The predicted molar refractivity (Wildman–Crippen MR) is 92.2 cm³/mol. The van der Waals surface area contributed by atoms with Crippen molar-refractivity contribution in [1.29, 1.82) is 0 Å². The number of halogens is 1. The molecule has 0 bridgehead atoms. The Bertz CT molecular complexity index is 660. The second-order valence-electron chi connectivity index (χ2n) is 5.82. The highest BCUT2D eigenvalue weighted by atomic mass is 79.9. The van der Waals surface area contributed by atoms with Crippen LogP contribution in [-0.2, 0) is 4.79 Å². The summed E-state index contributed by atoms with van der Waals surface area (Å²) < 4.78 is 1.02. The lowest BCUT2D eigenvalue weighted by atomic mass is 9.92. The first-order chi connectivity index (χ1) is 11.2. The largest absolute Gasteiger partial charge is 0.480 e. The van der Waals surface area contributed by atoms with Gasteiger partial charge in [-0.1, -0.05) is 34.5 Å². The number of aliphatic carboxylic acids is 1. The topological polar surface area (TPSA) is 53.4 Å². The van der Waals surface area contributed by atoms with E-state index < -0.39 is 12.0 Å². The number of rotatable bonds is 4. The molecule has 1 aliphatic heterocycles. The number of carboxylic acid groups (broad SMARTS) is 1. The van der Waals surface area contributed by atoms with E-state index in [0.29, 0.717) is 6.42 Å². The fourth-order valence-electron chi connectivity index (χ4n) is 3.29. The molecule has 1 N–H and O–H groups in total. The van der Waals surface area contributed by atoms with Crippen LogP contribution >= 0.6 is 15.9 Å². The van der Waals surface area contributed by atoms with Crippen LogP contribution in [0.2, 0.25) is 0 Å². The van der Waals surface area contributed by atoms with Crippen LogP contribution in [0.1, 0.15) is 36.4 Å². The molecule has 0 amide bonds. The fourth-order valence-corrected chi connectivity index (χ4v) is 3.56. The second kappa shape index (κ2) is 7.23. The quantitative estimate of drug-likeness (QED) is 0.882. The van der Waals surface area contributed by atoms with Crippen molar-refractivity contribution in [3.63, 3.8) is 0 Å². The highest BCUT2D eigenvalue weighted by molar-refractivity contribution is 9.10. The summed E-state index contributed by atoms with van der Waals surface area (Å²) in [7, 11) is 0. The van der Waals surface area contributed by atoms with Crippen molar-refractivity contribution in [2.24, 2.45) is 0 Å². The summed E-state index contributed by atoms with van der Waals surface area (Å²) in [5.74, 6) is -0.735. The monoisotopic (exact) mass is 374 g/mol. The van der Waals surface area contributed by atoms with Gasteiger partial charge in [0.2, 0.25) is 0 Å². The number of pyridine rings is 1. The number of hydrogen-bond donors (Lipinski definition) is 1. The standard InChI is InChI=1S/C18H19BrN2O2/c19-15-6-4-13(5-7-15)17(14-8-10-20-11-9-14)21-12-2-1-3-16(21)18(22)23/h4-11,16-17H,1-3,12H2,(H,22,23). The number of hydrogen-bond acceptors (Lipinski definition) is 3. The first kappa shape index (κ1) is 16.1. The number of carboxylic acids is 1. The molecule has 1 aliphatic rings. The van der Waals surface area contributed by atoms with Gasteiger partial charge in [-0.15, -0.1) is 0 Å². The van der Waals surface area contributed by atoms with Gasteiger partial charge in [-0.2, -0.15) is 0 Å². The highest BCUT2D eigenvalue weighted by Gasteiger charge is 2.34. The van der Waals surface area contributed by atoms with Crippen molar-refractivity contribution in [1.82, 2.24) is 9.88 Å². The van der Waals surface area contributed by atoms with Crippen LogP contribution in [0.4, 0.5) is 0 Å². The Balaban J connectivity index is 2.04. The molecule has 0 saturated carbocycles. The molecule has 4 nitrogen and oxygen atoms in total. The van der Waals surface area contributed by atoms with E-state index in [1.165, 1.54) is 0 Å². The first-order valence-corrected chi connectivity index (χ1v) is 8.60. The predicted octanol–water partition coefficient (Wildman–Crippen LogP) is 3.87. The molecule has 1 aromatic heterocycles. The summed E-state index contributed by atoms with van der Waals surface area (Å²) in [6.07, 6.45) is 6.23. The van der Waals surface area contributed by atoms with Crippen LogP contribution in [0, 0.1) is 0 Å². The van der Waals surface area contributed by atoms with Crippen LogP contribution in [0.5, 0.6) is 0 Å². The third-order valence-corrected chi connectivity index (χ3v) is 4.90. The maximum atomic E-state index is 11.7. The summed E-state index contributed by atoms with van der Waals surface area (Å²) in [4.78, 5) is 17.9. The molecule has 5 heteroatoms. The van der Waals surface area contributed by atoms with E-state index in [4.69, 9.17) is 0 Å². The van der Waals surface area contributed by atoms with Crippen molar-refractivity contribution in [3.05, 3.63) is 64.4 Å². The van der Waals surface area contributed by atoms with Gasteiger partial charge >= 0.3 is 5.97 Å². The molecular weight excluding hydrogens is 356 g/mol. The molecule has 23 heavy (non-hydrogen) atoms. The lowest BCUT2D eigenvalue weighted by Gasteiger charge is -2.39. The number of likely N-dealkylation sites (tertiary alicyclic amines) is 1. The third kappa shape index (κ3) is 3.62. The van der Waals surface area contributed by atoms with Crippen LogP contribution in [0.15, 0.2) is 53.3 Å². The van der Waals surface area contributed by atoms with Crippen molar-refractivity contribution in [3.8, 4) is 0 Å². The molecule has 1 aromatic carbocycles. The van der Waals surface area contributed by atoms with E-state index in [0.717, 1.165) is 35.0 Å². The fraction of sp³-hybridized carbons (Fsp3) is 0.333. The van der Waals surface area contributed by atoms with Gasteiger partial charge in [0.05, 0.1) is 6.04 Å². The molecule has 2 atom stereocenters. The maximum absolute atomic E-state index is 11.7. The van der Waals surface area contributed by atoms with E-state index in [1.54, 1.807) is 12.4 Å². The van der Waals surface area contributed by atoms with Gasteiger partial charge < -0.3 is 5.11 Å². The minimum absolute atomic E-state index is 0.0625. The van der Waals surface area contributed by atoms with Gasteiger partial charge in [-0.25, -0.2) is 0 Å². The van der Waals surface area contributed by atoms with E-state index >= 15 is 0 Å². The van der Waals surface area contributed by atoms with Crippen LogP contribution in [-0.4, -0.2) is 33.5 Å². The van der Waals surface area contributed by atoms with E-state index in [-0.39, 0.29) is 6.04 Å². The molecule has 120 valence electrons. The van der Waals surface area contributed by atoms with Gasteiger partial charge in [-0.05, 0) is 54.8 Å². The number of nitrogens with zero attached hydrogens (tertiary/aromatic N) is 2.